The first kappa shape index (κ1) is 7.38. The van der Waals surface area contributed by atoms with Gasteiger partial charge >= 0.3 is 0 Å². The van der Waals surface area contributed by atoms with E-state index in [9.17, 15) is 5.11 Å². The van der Waals surface area contributed by atoms with E-state index in [0.717, 1.165) is 25.7 Å². The molecular formula is C6H11N3O. The van der Waals surface area contributed by atoms with Crippen molar-refractivity contribution in [1.29, 1.82) is 0 Å². The minimum atomic E-state index is -0.398. The van der Waals surface area contributed by atoms with Gasteiger partial charge in [0.2, 0.25) is 0 Å². The van der Waals surface area contributed by atoms with Crippen LogP contribution in [0.5, 0.6) is 0 Å². The zero-order chi connectivity index (χ0) is 7.40. The van der Waals surface area contributed by atoms with Crippen molar-refractivity contribution in [2.45, 2.75) is 37.8 Å². The van der Waals surface area contributed by atoms with Crippen LogP contribution in [0.1, 0.15) is 25.7 Å². The number of hydrogen-bond donors (Lipinski definition) is 1. The quantitative estimate of drug-likeness (QED) is 0.336. The Morgan fingerprint density at radius 1 is 1.40 bits per heavy atom. The minimum absolute atomic E-state index is 0.168. The lowest BCUT2D eigenvalue weighted by molar-refractivity contribution is 0.108. The number of aliphatic hydroxyl groups excluding tert-OH is 1. The zero-order valence-electron chi connectivity index (χ0n) is 5.77. The van der Waals surface area contributed by atoms with E-state index in [1.54, 1.807) is 0 Å². The Morgan fingerprint density at radius 3 is 2.70 bits per heavy atom. The van der Waals surface area contributed by atoms with Crippen molar-refractivity contribution in [2.24, 2.45) is 5.11 Å². The summed E-state index contributed by atoms with van der Waals surface area (Å²) in [4.78, 5) is 2.67. The lowest BCUT2D eigenvalue weighted by atomic mass is 9.93. The summed E-state index contributed by atoms with van der Waals surface area (Å²) in [6.07, 6.45) is 3.35. The molecule has 4 heteroatoms. The van der Waals surface area contributed by atoms with Crippen LogP contribution in [-0.2, 0) is 0 Å². The van der Waals surface area contributed by atoms with Crippen LogP contribution < -0.4 is 0 Å². The largest absolute Gasteiger partial charge is 0.393 e. The molecule has 0 spiro atoms. The van der Waals surface area contributed by atoms with E-state index in [1.807, 2.05) is 0 Å². The average molecular weight is 141 g/mol. The Balaban J connectivity index is 2.47. The third-order valence-corrected chi connectivity index (χ3v) is 1.89. The van der Waals surface area contributed by atoms with Gasteiger partial charge in [-0.3, -0.25) is 0 Å². The highest BCUT2D eigenvalue weighted by Crippen LogP contribution is 2.20. The molecule has 0 aromatic heterocycles. The van der Waals surface area contributed by atoms with Gasteiger partial charge in [0, 0.05) is 4.91 Å². The molecule has 1 fully saturated rings. The maximum Gasteiger partial charge on any atom is 0.0633 e. The molecule has 1 rings (SSSR count). The fourth-order valence-electron chi connectivity index (χ4n) is 1.29. The van der Waals surface area contributed by atoms with Crippen molar-refractivity contribution in [2.75, 3.05) is 0 Å². The Morgan fingerprint density at radius 2 is 2.10 bits per heavy atom. The first-order valence-electron chi connectivity index (χ1n) is 3.57. The van der Waals surface area contributed by atoms with Crippen LogP contribution in [0.15, 0.2) is 5.11 Å². The minimum Gasteiger partial charge on any atom is -0.393 e. The van der Waals surface area contributed by atoms with E-state index in [-0.39, 0.29) is 6.04 Å². The molecule has 0 heterocycles. The Hall–Kier alpha value is -0.730. The van der Waals surface area contributed by atoms with E-state index < -0.39 is 6.10 Å². The van der Waals surface area contributed by atoms with E-state index in [4.69, 9.17) is 5.53 Å². The second-order valence-corrected chi connectivity index (χ2v) is 2.62. The Bertz CT molecular complexity index is 153. The molecule has 0 unspecified atom stereocenters. The third kappa shape index (κ3) is 1.62. The number of hydrogen-bond acceptors (Lipinski definition) is 2. The van der Waals surface area contributed by atoms with E-state index in [2.05, 4.69) is 10.0 Å². The molecule has 1 N–H and O–H groups in total. The first-order chi connectivity index (χ1) is 4.84. The van der Waals surface area contributed by atoms with Gasteiger partial charge in [0.05, 0.1) is 12.1 Å². The van der Waals surface area contributed by atoms with Crippen LogP contribution in [0.25, 0.3) is 10.4 Å². The fraction of sp³-hybridized carbons (Fsp3) is 1.00. The van der Waals surface area contributed by atoms with Gasteiger partial charge in [0.25, 0.3) is 0 Å². The lowest BCUT2D eigenvalue weighted by Gasteiger charge is -2.22. The van der Waals surface area contributed by atoms with Crippen molar-refractivity contribution < 1.29 is 5.11 Å². The number of aliphatic hydroxyl groups is 1. The summed E-state index contributed by atoms with van der Waals surface area (Å²) in [7, 11) is 0. The number of nitrogens with zero attached hydrogens (tertiary/aromatic N) is 3. The Kier molecular flexibility index (Phi) is 2.54. The molecule has 0 aromatic carbocycles. The molecule has 1 aliphatic rings. The van der Waals surface area contributed by atoms with E-state index in [0.29, 0.717) is 0 Å². The van der Waals surface area contributed by atoms with Gasteiger partial charge in [-0.25, -0.2) is 0 Å². The maximum atomic E-state index is 9.24. The molecule has 0 aromatic rings. The average Bonchev–Trinajstić information content (AvgIpc) is 1.94. The van der Waals surface area contributed by atoms with Gasteiger partial charge in [-0.1, -0.05) is 18.0 Å². The zero-order valence-corrected chi connectivity index (χ0v) is 5.77. The molecule has 4 nitrogen and oxygen atoms in total. The molecule has 1 aliphatic carbocycles. The summed E-state index contributed by atoms with van der Waals surface area (Å²) in [5.41, 5.74) is 8.08. The summed E-state index contributed by atoms with van der Waals surface area (Å²) in [6.45, 7) is 0. The van der Waals surface area contributed by atoms with Crippen LogP contribution in [0.2, 0.25) is 0 Å². The number of rotatable bonds is 1. The molecule has 0 amide bonds. The fourth-order valence-corrected chi connectivity index (χ4v) is 1.29. The smallest absolute Gasteiger partial charge is 0.0633 e. The second-order valence-electron chi connectivity index (χ2n) is 2.62. The second kappa shape index (κ2) is 3.44. The highest BCUT2D eigenvalue weighted by Gasteiger charge is 2.20. The first-order valence-corrected chi connectivity index (χ1v) is 3.57. The van der Waals surface area contributed by atoms with Gasteiger partial charge in [-0.15, -0.1) is 0 Å². The Labute approximate surface area is 59.5 Å². The monoisotopic (exact) mass is 141 g/mol. The molecule has 0 aliphatic heterocycles. The highest BCUT2D eigenvalue weighted by molar-refractivity contribution is 4.80. The van der Waals surface area contributed by atoms with Crippen LogP contribution in [-0.4, -0.2) is 17.3 Å². The van der Waals surface area contributed by atoms with Crippen LogP contribution in [0.3, 0.4) is 0 Å². The summed E-state index contributed by atoms with van der Waals surface area (Å²) in [5, 5.41) is 12.7. The van der Waals surface area contributed by atoms with Crippen LogP contribution in [0, 0.1) is 0 Å². The topological polar surface area (TPSA) is 69.0 Å². The van der Waals surface area contributed by atoms with Gasteiger partial charge < -0.3 is 5.11 Å². The van der Waals surface area contributed by atoms with Crippen LogP contribution >= 0.6 is 0 Å². The third-order valence-electron chi connectivity index (χ3n) is 1.89. The summed E-state index contributed by atoms with van der Waals surface area (Å²) < 4.78 is 0. The van der Waals surface area contributed by atoms with Crippen molar-refractivity contribution in [1.82, 2.24) is 0 Å². The summed E-state index contributed by atoms with van der Waals surface area (Å²) >= 11 is 0. The molecule has 0 bridgehead atoms. The highest BCUT2D eigenvalue weighted by atomic mass is 16.3. The molecule has 0 radical (unpaired) electrons. The molecule has 10 heavy (non-hydrogen) atoms. The molecule has 56 valence electrons. The van der Waals surface area contributed by atoms with Crippen molar-refractivity contribution >= 4 is 0 Å². The molecule has 0 saturated heterocycles. The van der Waals surface area contributed by atoms with E-state index in [1.165, 1.54) is 0 Å². The SMILES string of the molecule is [N-]=[N+]=N[C@@H]1CCCC[C@@H]1O. The maximum absolute atomic E-state index is 9.24. The van der Waals surface area contributed by atoms with Crippen LogP contribution in [0.4, 0.5) is 0 Å². The van der Waals surface area contributed by atoms with Gasteiger partial charge in [0.1, 0.15) is 0 Å². The molecule has 1 saturated carbocycles. The normalized spacial score (nSPS) is 32.9. The predicted octanol–water partition coefficient (Wildman–Crippen LogP) is 1.60. The van der Waals surface area contributed by atoms with Crippen molar-refractivity contribution in [3.05, 3.63) is 10.4 Å². The van der Waals surface area contributed by atoms with Gasteiger partial charge in [0.15, 0.2) is 0 Å². The molecule has 2 atom stereocenters. The van der Waals surface area contributed by atoms with Gasteiger partial charge in [-0.2, -0.15) is 0 Å². The summed E-state index contributed by atoms with van der Waals surface area (Å²) in [6, 6.07) is -0.168. The van der Waals surface area contributed by atoms with E-state index >= 15 is 0 Å². The lowest BCUT2D eigenvalue weighted by Crippen LogP contribution is -2.27. The number of azide groups is 1. The van der Waals surface area contributed by atoms with Crippen molar-refractivity contribution in [3.63, 3.8) is 0 Å². The molecular weight excluding hydrogens is 130 g/mol. The van der Waals surface area contributed by atoms with Gasteiger partial charge in [-0.05, 0) is 18.4 Å². The van der Waals surface area contributed by atoms with Crippen molar-refractivity contribution in [3.8, 4) is 0 Å². The summed E-state index contributed by atoms with van der Waals surface area (Å²) in [5.74, 6) is 0. The predicted molar refractivity (Wildman–Crippen MR) is 37.4 cm³/mol. The standard InChI is InChI=1S/C6H11N3O/c7-9-8-5-3-1-2-4-6(5)10/h5-6,10H,1-4H2/t5-,6+/m1/s1.